The van der Waals surface area contributed by atoms with Crippen LogP contribution >= 0.6 is 15.9 Å². The molecule has 11 heteroatoms. The summed E-state index contributed by atoms with van der Waals surface area (Å²) < 4.78 is 21.6. The first-order chi connectivity index (χ1) is 43.9. The fourth-order valence-corrected chi connectivity index (χ4v) is 10.2. The Balaban J connectivity index is -0.000000311. The Kier molecular flexibility index (Phi) is 63.0. The Hall–Kier alpha value is -5.63. The highest BCUT2D eigenvalue weighted by Crippen LogP contribution is 2.23. The molecule has 0 radical (unpaired) electrons. The summed E-state index contributed by atoms with van der Waals surface area (Å²) in [6, 6.07) is 39.2. The number of hydrogen-bond donors (Lipinski definition) is 4. The van der Waals surface area contributed by atoms with Crippen molar-refractivity contribution in [2.24, 2.45) is 11.8 Å². The second-order valence-corrected chi connectivity index (χ2v) is 28.1. The fourth-order valence-electron chi connectivity index (χ4n) is 8.05. The Morgan fingerprint density at radius 2 is 1.02 bits per heavy atom. The van der Waals surface area contributed by atoms with Gasteiger partial charge in [-0.05, 0) is 225 Å². The summed E-state index contributed by atoms with van der Waals surface area (Å²) in [5.41, 5.74) is 18.9. The lowest BCUT2D eigenvalue weighted by molar-refractivity contribution is -0.138. The summed E-state index contributed by atoms with van der Waals surface area (Å²) in [6.45, 7) is 49.8. The smallest absolute Gasteiger partial charge is 0.500 e. The molecule has 1 aliphatic rings. The van der Waals surface area contributed by atoms with Gasteiger partial charge in [-0.1, -0.05) is 238 Å². The molecule has 4 N–H and O–H groups in total. The van der Waals surface area contributed by atoms with Crippen LogP contribution in [0.15, 0.2) is 138 Å². The lowest BCUT2D eigenvalue weighted by Gasteiger charge is -2.23. The minimum atomic E-state index is -2.24. The van der Waals surface area contributed by atoms with Crippen LogP contribution in [0.1, 0.15) is 211 Å². The van der Waals surface area contributed by atoms with Crippen LogP contribution in [0.25, 0.3) is 6.08 Å². The van der Waals surface area contributed by atoms with Crippen molar-refractivity contribution in [3.63, 3.8) is 0 Å². The quantitative estimate of drug-likeness (QED) is 0.0450. The summed E-state index contributed by atoms with van der Waals surface area (Å²) in [5.74, 6) is 1.94. The molecule has 1 saturated carbocycles. The van der Waals surface area contributed by atoms with E-state index in [0.717, 1.165) is 72.5 Å². The van der Waals surface area contributed by atoms with Gasteiger partial charge in [0.05, 0.1) is 6.61 Å². The summed E-state index contributed by atoms with van der Waals surface area (Å²) in [6.07, 6.45) is 16.6. The molecule has 0 aliphatic heterocycles. The molecule has 1 aliphatic carbocycles. The zero-order chi connectivity index (χ0) is 71.9. The van der Waals surface area contributed by atoms with Crippen molar-refractivity contribution in [3.8, 4) is 11.5 Å². The second kappa shape index (κ2) is 61.0. The minimum Gasteiger partial charge on any atom is -0.508 e. The maximum atomic E-state index is 10.6. The SMILES string of the molecule is C.C=C(C)C(=O)OCCC.C=Cc1ccc(C)cc1.CC1CCCCC1.CCCC[Si](OC)(OC)OC.CCCO.CCCc1ccc(O)cc1.CC[C@@H](C)CO.Cc1cc(C)c(C)c(C)c1.Cc1cc(O)cc(C)c1C.Cc1ccc(Br)cc1.Cc1cccc(C)c1C. The monoisotopic (exact) mass is 1380 g/mol. The number of halogens is 1. The van der Waals surface area contributed by atoms with Crippen molar-refractivity contribution in [2.75, 3.05) is 41.2 Å². The van der Waals surface area contributed by atoms with Crippen molar-refractivity contribution in [2.45, 2.75) is 229 Å². The Morgan fingerprint density at radius 3 is 1.33 bits per heavy atom. The molecule has 0 saturated heterocycles. The zero-order valence-electron chi connectivity index (χ0n) is 62.6. The van der Waals surface area contributed by atoms with Gasteiger partial charge in [-0.25, -0.2) is 4.79 Å². The van der Waals surface area contributed by atoms with Crippen molar-refractivity contribution in [3.05, 3.63) is 216 Å². The molecule has 1 fully saturated rings. The number of benzene rings is 6. The number of aliphatic hydroxyl groups is 2. The summed E-state index contributed by atoms with van der Waals surface area (Å²) >= 11 is 3.35. The summed E-state index contributed by atoms with van der Waals surface area (Å²) in [5, 5.41) is 34.3. The maximum absolute atomic E-state index is 10.6. The number of ether oxygens (including phenoxy) is 1. The average molecular weight is 1380 g/mol. The topological polar surface area (TPSA) is 135 Å². The van der Waals surface area contributed by atoms with E-state index < -0.39 is 8.80 Å². The third-order valence-electron chi connectivity index (χ3n) is 15.3. The van der Waals surface area contributed by atoms with Crippen LogP contribution in [0.4, 0.5) is 0 Å². The number of phenols is 2. The number of aryl methyl sites for hydroxylation is 10. The van der Waals surface area contributed by atoms with Crippen LogP contribution in [0.2, 0.25) is 6.04 Å². The lowest BCUT2D eigenvalue weighted by Crippen LogP contribution is -2.42. The van der Waals surface area contributed by atoms with E-state index in [1.54, 1.807) is 52.5 Å². The van der Waals surface area contributed by atoms with Crippen molar-refractivity contribution in [1.82, 2.24) is 0 Å². The minimum absolute atomic E-state index is 0. The number of carbonyl (C=O) groups is 1. The van der Waals surface area contributed by atoms with Gasteiger partial charge in [0.2, 0.25) is 0 Å². The van der Waals surface area contributed by atoms with Crippen LogP contribution in [0, 0.1) is 94.9 Å². The number of hydrogen-bond acceptors (Lipinski definition) is 9. The van der Waals surface area contributed by atoms with E-state index in [0.29, 0.717) is 42.8 Å². The highest BCUT2D eigenvalue weighted by atomic mass is 79.9. The standard InChI is InChI=1S/C10H14.2C9H12O.C9H12.C9H10.C7H7Br.C7H18O3Si.C7H12O2.C7H14.C5H12O.C3H8O.CH4/c1-7-5-8(2)10(4)9(3)6-7;1-6-4-9(10)5-7(2)8(6)3;1-2-3-8-4-6-9(10)7-5-8;1-7-5-4-6-8(2)9(7)3;1-3-9-6-4-8(2)5-7-9;1-6-2-4-7(8)5-3-6;1-5-6-7-11(8-2,9-3)10-4;1-4-5-9-7(8)6(2)3;1-7-5-3-2-4-6-7;1-3-5(2)4-6;1-2-3-4;/h5-6H,1-4H3;4-5,10H,1-3H3;4-7,10H,2-3H2,1H3;4-6H,1-3H3;3-7H,1H2,2H3;2-5H,1H3;5-7H2,1-4H3;2,4-5H2,1,3H3;7H,2-6H2,1H3;5-6H,3-4H2,1-2H3;4H,2-3H2,1H3;1H4/t;;;;;;;;;5-;;/m.........1../s1. The van der Waals surface area contributed by atoms with Gasteiger partial charge in [0.25, 0.3) is 0 Å². The van der Waals surface area contributed by atoms with Gasteiger partial charge in [-0.15, -0.1) is 0 Å². The molecule has 1 atom stereocenters. The molecule has 9 nitrogen and oxygen atoms in total. The van der Waals surface area contributed by atoms with E-state index in [2.05, 4.69) is 193 Å². The second-order valence-electron chi connectivity index (χ2n) is 24.0. The lowest BCUT2D eigenvalue weighted by atomic mass is 9.91. The molecule has 94 heavy (non-hydrogen) atoms. The van der Waals surface area contributed by atoms with Gasteiger partial charge in [-0.2, -0.15) is 0 Å². The molecule has 6 aromatic carbocycles. The molecule has 0 bridgehead atoms. The van der Waals surface area contributed by atoms with Crippen molar-refractivity contribution >= 4 is 36.8 Å². The third kappa shape index (κ3) is 51.7. The van der Waals surface area contributed by atoms with Crippen LogP contribution in [-0.2, 0) is 29.2 Å². The fraction of sp³-hybridized carbons (Fsp3) is 0.506. The normalized spacial score (nSPS) is 11.1. The Morgan fingerprint density at radius 1 is 0.596 bits per heavy atom. The number of phenolic OH excluding ortho intramolecular Hbond substituents is 2. The van der Waals surface area contributed by atoms with Gasteiger partial charge < -0.3 is 38.4 Å². The zero-order valence-corrected chi connectivity index (χ0v) is 65.2. The largest absolute Gasteiger partial charge is 0.508 e. The third-order valence-corrected chi connectivity index (χ3v) is 18.7. The molecule has 7 rings (SSSR count). The van der Waals surface area contributed by atoms with E-state index in [-0.39, 0.29) is 13.4 Å². The molecule has 532 valence electrons. The Labute approximate surface area is 586 Å². The van der Waals surface area contributed by atoms with Crippen LogP contribution in [-0.4, -0.2) is 76.3 Å². The maximum Gasteiger partial charge on any atom is 0.500 e. The number of carbonyl (C=O) groups excluding carboxylic acids is 1. The van der Waals surface area contributed by atoms with E-state index in [4.69, 9.17) is 38.4 Å². The van der Waals surface area contributed by atoms with E-state index in [1.165, 1.54) is 98.9 Å². The molecule has 0 heterocycles. The highest BCUT2D eigenvalue weighted by Gasteiger charge is 2.36. The van der Waals surface area contributed by atoms with Gasteiger partial charge >= 0.3 is 14.8 Å². The first-order valence-corrected chi connectivity index (χ1v) is 36.4. The van der Waals surface area contributed by atoms with Crippen molar-refractivity contribution < 1.29 is 43.2 Å². The van der Waals surface area contributed by atoms with Crippen LogP contribution in [0.3, 0.4) is 0 Å². The first-order valence-electron chi connectivity index (χ1n) is 33.7. The number of rotatable bonds is 15. The molecule has 0 unspecified atom stereocenters. The Bertz CT molecular complexity index is 2640. The molecular formula is C83H135BrO9Si. The first kappa shape index (κ1) is 97.1. The van der Waals surface area contributed by atoms with Crippen LogP contribution in [0.5, 0.6) is 11.5 Å². The van der Waals surface area contributed by atoms with Crippen LogP contribution < -0.4 is 0 Å². The number of aromatic hydroxyl groups is 2. The predicted molar refractivity (Wildman–Crippen MR) is 416 cm³/mol. The number of aliphatic hydroxyl groups excluding tert-OH is 2. The molecule has 0 aromatic heterocycles. The van der Waals surface area contributed by atoms with E-state index >= 15 is 0 Å². The predicted octanol–water partition coefficient (Wildman–Crippen LogP) is 23.4. The van der Waals surface area contributed by atoms with Gasteiger partial charge in [0, 0.05) is 50.6 Å². The summed E-state index contributed by atoms with van der Waals surface area (Å²) in [7, 11) is 2.70. The average Bonchev–Trinajstić information content (AvgIpc) is 1.32. The van der Waals surface area contributed by atoms with Gasteiger partial charge in [0.1, 0.15) is 11.5 Å². The van der Waals surface area contributed by atoms with Gasteiger partial charge in [0.15, 0.2) is 0 Å². The number of unbranched alkanes of at least 4 members (excludes halogenated alkanes) is 1. The van der Waals surface area contributed by atoms with Gasteiger partial charge in [-0.3, -0.25) is 0 Å². The van der Waals surface area contributed by atoms with Crippen molar-refractivity contribution in [1.29, 1.82) is 0 Å². The van der Waals surface area contributed by atoms with E-state index in [9.17, 15) is 4.79 Å². The highest BCUT2D eigenvalue weighted by molar-refractivity contribution is 9.10. The molecule has 0 spiro atoms. The molecule has 6 aromatic rings. The van der Waals surface area contributed by atoms with E-state index in [1.807, 2.05) is 65.0 Å². The molecular weight excluding hydrogens is 1250 g/mol. The molecule has 0 amide bonds. The number of esters is 1. The summed E-state index contributed by atoms with van der Waals surface area (Å²) in [4.78, 5) is 10.6.